The van der Waals surface area contributed by atoms with E-state index in [2.05, 4.69) is 25.1 Å². The highest BCUT2D eigenvalue weighted by Gasteiger charge is 2.02. The summed E-state index contributed by atoms with van der Waals surface area (Å²) in [5.41, 5.74) is 8.33. The molecule has 0 radical (unpaired) electrons. The highest BCUT2D eigenvalue weighted by molar-refractivity contribution is 5.34. The molecule has 1 aromatic rings. The summed E-state index contributed by atoms with van der Waals surface area (Å²) in [4.78, 5) is 0. The minimum absolute atomic E-state index is 0.201. The Bertz CT molecular complexity index is 272. The molecule has 2 N–H and O–H groups in total. The van der Waals surface area contributed by atoms with Crippen molar-refractivity contribution in [3.05, 3.63) is 29.3 Å². The van der Waals surface area contributed by atoms with Gasteiger partial charge in [0.25, 0.3) is 0 Å². The lowest BCUT2D eigenvalue weighted by Gasteiger charge is -2.09. The van der Waals surface area contributed by atoms with Crippen LogP contribution in [0.25, 0.3) is 0 Å². The second-order valence-electron chi connectivity index (χ2n) is 3.72. The van der Waals surface area contributed by atoms with E-state index in [1.54, 1.807) is 7.11 Å². The van der Waals surface area contributed by atoms with Crippen LogP contribution in [0.3, 0.4) is 0 Å². The lowest BCUT2D eigenvalue weighted by molar-refractivity contribution is 0.413. The molecule has 0 fully saturated rings. The van der Waals surface area contributed by atoms with Gasteiger partial charge in [0, 0.05) is 6.04 Å². The fraction of sp³-hybridized carbons (Fsp3) is 0.500. The van der Waals surface area contributed by atoms with Crippen molar-refractivity contribution in [1.29, 1.82) is 0 Å². The van der Waals surface area contributed by atoms with E-state index in [1.165, 1.54) is 11.1 Å². The van der Waals surface area contributed by atoms with Crippen LogP contribution in [0.2, 0.25) is 0 Å². The number of hydrogen-bond acceptors (Lipinski definition) is 2. The third-order valence-corrected chi connectivity index (χ3v) is 2.23. The maximum atomic E-state index is 5.77. The van der Waals surface area contributed by atoms with Gasteiger partial charge in [-0.15, -0.1) is 0 Å². The summed E-state index contributed by atoms with van der Waals surface area (Å²) in [7, 11) is 1.70. The number of rotatable bonds is 4. The summed E-state index contributed by atoms with van der Waals surface area (Å²) < 4.78 is 5.24. The molecule has 0 aliphatic rings. The van der Waals surface area contributed by atoms with Crippen LogP contribution in [0.5, 0.6) is 5.75 Å². The van der Waals surface area contributed by atoms with Gasteiger partial charge in [0.2, 0.25) is 0 Å². The minimum Gasteiger partial charge on any atom is -0.497 e. The lowest BCUT2D eigenvalue weighted by atomic mass is 10.0. The zero-order chi connectivity index (χ0) is 10.6. The summed E-state index contributed by atoms with van der Waals surface area (Å²) >= 11 is 0. The van der Waals surface area contributed by atoms with Crippen molar-refractivity contribution in [2.45, 2.75) is 32.7 Å². The summed E-state index contributed by atoms with van der Waals surface area (Å²) in [5.74, 6) is 0.931. The summed E-state index contributed by atoms with van der Waals surface area (Å²) in [6.45, 7) is 4.16. The van der Waals surface area contributed by atoms with Crippen LogP contribution < -0.4 is 10.5 Å². The number of methoxy groups -OCH3 is 1. The van der Waals surface area contributed by atoms with E-state index in [0.717, 1.165) is 18.6 Å². The van der Waals surface area contributed by atoms with Gasteiger partial charge in [-0.25, -0.2) is 0 Å². The first-order chi connectivity index (χ1) is 6.65. The van der Waals surface area contributed by atoms with Crippen molar-refractivity contribution >= 4 is 0 Å². The van der Waals surface area contributed by atoms with Crippen LogP contribution in [0.1, 0.15) is 25.0 Å². The number of aryl methyl sites for hydroxylation is 1. The predicted octanol–water partition coefficient (Wildman–Crippen LogP) is 2.15. The number of hydrogen-bond donors (Lipinski definition) is 1. The van der Waals surface area contributed by atoms with E-state index in [4.69, 9.17) is 10.5 Å². The zero-order valence-corrected chi connectivity index (χ0v) is 9.21. The molecule has 2 heteroatoms. The molecule has 0 aliphatic heterocycles. The van der Waals surface area contributed by atoms with Gasteiger partial charge in [-0.2, -0.15) is 0 Å². The highest BCUT2D eigenvalue weighted by Crippen LogP contribution is 2.18. The van der Waals surface area contributed by atoms with E-state index < -0.39 is 0 Å². The summed E-state index contributed by atoms with van der Waals surface area (Å²) in [6.07, 6.45) is 1.94. The molecule has 0 saturated heterocycles. The molecule has 1 atom stereocenters. The Kier molecular flexibility index (Phi) is 3.96. The van der Waals surface area contributed by atoms with Gasteiger partial charge < -0.3 is 10.5 Å². The number of benzene rings is 1. The van der Waals surface area contributed by atoms with Crippen molar-refractivity contribution in [3.8, 4) is 5.75 Å². The van der Waals surface area contributed by atoms with Crippen molar-refractivity contribution in [3.63, 3.8) is 0 Å². The van der Waals surface area contributed by atoms with Crippen LogP contribution in [0.4, 0.5) is 0 Å². The van der Waals surface area contributed by atoms with Crippen molar-refractivity contribution in [1.82, 2.24) is 0 Å². The van der Waals surface area contributed by atoms with Gasteiger partial charge in [0.1, 0.15) is 5.75 Å². The van der Waals surface area contributed by atoms with Gasteiger partial charge in [-0.3, -0.25) is 0 Å². The van der Waals surface area contributed by atoms with Gasteiger partial charge in [0.15, 0.2) is 0 Å². The molecule has 0 saturated carbocycles. The Morgan fingerprint density at radius 1 is 1.29 bits per heavy atom. The van der Waals surface area contributed by atoms with Gasteiger partial charge in [-0.1, -0.05) is 13.0 Å². The van der Waals surface area contributed by atoms with Crippen molar-refractivity contribution < 1.29 is 4.74 Å². The molecule has 14 heavy (non-hydrogen) atoms. The Labute approximate surface area is 86.1 Å². The minimum atomic E-state index is 0.201. The molecule has 0 aliphatic carbocycles. The molecule has 0 heterocycles. The normalized spacial score (nSPS) is 12.6. The van der Waals surface area contributed by atoms with Crippen LogP contribution in [0, 0.1) is 0 Å². The van der Waals surface area contributed by atoms with Crippen LogP contribution in [-0.4, -0.2) is 13.2 Å². The second-order valence-corrected chi connectivity index (χ2v) is 3.72. The maximum Gasteiger partial charge on any atom is 0.119 e. The van der Waals surface area contributed by atoms with E-state index in [9.17, 15) is 0 Å². The molecule has 78 valence electrons. The van der Waals surface area contributed by atoms with E-state index in [0.29, 0.717) is 0 Å². The average Bonchev–Trinajstić information content (AvgIpc) is 2.16. The molecule has 1 rings (SSSR count). The maximum absolute atomic E-state index is 5.77. The first-order valence-electron chi connectivity index (χ1n) is 5.08. The van der Waals surface area contributed by atoms with E-state index >= 15 is 0 Å². The quantitative estimate of drug-likeness (QED) is 0.795. The molecule has 0 spiro atoms. The monoisotopic (exact) mass is 193 g/mol. The molecule has 0 amide bonds. The Hall–Kier alpha value is -1.02. The molecule has 2 nitrogen and oxygen atoms in total. The van der Waals surface area contributed by atoms with Crippen molar-refractivity contribution in [2.75, 3.05) is 7.11 Å². The Balaban J connectivity index is 2.92. The third-order valence-electron chi connectivity index (χ3n) is 2.23. The van der Waals surface area contributed by atoms with Crippen LogP contribution in [0.15, 0.2) is 18.2 Å². The van der Waals surface area contributed by atoms with Crippen LogP contribution >= 0.6 is 0 Å². The SMILES string of the molecule is CCc1cc(CC(C)N)cc(OC)c1. The third kappa shape index (κ3) is 3.04. The second kappa shape index (κ2) is 5.01. The largest absolute Gasteiger partial charge is 0.497 e. The van der Waals surface area contributed by atoms with E-state index in [-0.39, 0.29) is 6.04 Å². The van der Waals surface area contributed by atoms with Crippen molar-refractivity contribution in [2.24, 2.45) is 5.73 Å². The molecular weight excluding hydrogens is 174 g/mol. The smallest absolute Gasteiger partial charge is 0.119 e. The fourth-order valence-corrected chi connectivity index (χ4v) is 1.54. The lowest BCUT2D eigenvalue weighted by Crippen LogP contribution is -2.17. The standard InChI is InChI=1S/C12H19NO/c1-4-10-6-11(5-9(2)13)8-12(7-10)14-3/h6-9H,4-5,13H2,1-3H3. The van der Waals surface area contributed by atoms with Gasteiger partial charge in [0.05, 0.1) is 7.11 Å². The fourth-order valence-electron chi connectivity index (χ4n) is 1.54. The molecule has 0 bridgehead atoms. The zero-order valence-electron chi connectivity index (χ0n) is 9.21. The average molecular weight is 193 g/mol. The summed E-state index contributed by atoms with van der Waals surface area (Å²) in [6, 6.07) is 6.53. The van der Waals surface area contributed by atoms with Crippen LogP contribution in [-0.2, 0) is 12.8 Å². The number of nitrogens with two attached hydrogens (primary N) is 1. The molecule has 1 aromatic carbocycles. The Morgan fingerprint density at radius 2 is 1.93 bits per heavy atom. The molecular formula is C12H19NO. The Morgan fingerprint density at radius 3 is 2.43 bits per heavy atom. The summed E-state index contributed by atoms with van der Waals surface area (Å²) in [5, 5.41) is 0. The van der Waals surface area contributed by atoms with Gasteiger partial charge in [-0.05, 0) is 43.0 Å². The van der Waals surface area contributed by atoms with Gasteiger partial charge >= 0.3 is 0 Å². The molecule has 1 unspecified atom stereocenters. The van der Waals surface area contributed by atoms with E-state index in [1.807, 2.05) is 6.92 Å². The first kappa shape index (κ1) is 11.1. The predicted molar refractivity (Wildman–Crippen MR) is 59.7 cm³/mol. The highest BCUT2D eigenvalue weighted by atomic mass is 16.5. The first-order valence-corrected chi connectivity index (χ1v) is 5.08. The topological polar surface area (TPSA) is 35.2 Å². The number of ether oxygens (including phenoxy) is 1. The molecule has 0 aromatic heterocycles.